The Morgan fingerprint density at radius 2 is 2.38 bits per heavy atom. The molecule has 1 heterocycles. The second kappa shape index (κ2) is 4.01. The maximum Gasteiger partial charge on any atom is 0.338 e. The Balaban J connectivity index is 2.72. The summed E-state index contributed by atoms with van der Waals surface area (Å²) in [6.07, 6.45) is -5.26. The zero-order valence-electron chi connectivity index (χ0n) is 7.79. The van der Waals surface area contributed by atoms with Gasteiger partial charge in [-0.1, -0.05) is 0 Å². The highest BCUT2D eigenvalue weighted by Gasteiger charge is 2.44. The second-order valence-electron chi connectivity index (χ2n) is 2.72. The number of carbonyl (C=O) groups is 1. The number of aliphatic hydroxyl groups excluding tert-OH is 3. The van der Waals surface area contributed by atoms with Crippen LogP contribution in [0.15, 0.2) is 0 Å². The van der Waals surface area contributed by atoms with Crippen LogP contribution in [0, 0.1) is 0 Å². The number of cyclic esters (lactones) is 1. The van der Waals surface area contributed by atoms with Crippen LogP contribution in [0.4, 0.5) is 0 Å². The first-order valence-electron chi connectivity index (χ1n) is 4.40. The number of rotatable bonds is 2. The van der Waals surface area contributed by atoms with Gasteiger partial charge in [-0.3, -0.25) is 0 Å². The molecule has 0 aromatic rings. The minimum atomic E-state index is -1.61. The monoisotopic (exact) mass is 193 g/mol. The average molecular weight is 193 g/mol. The molecule has 1 aliphatic heterocycles. The van der Waals surface area contributed by atoms with E-state index in [0.29, 0.717) is 0 Å². The zero-order chi connectivity index (χ0) is 10.7. The quantitative estimate of drug-likeness (QED) is 0.424. The number of aliphatic hydroxyl groups is 3. The molecule has 0 unspecified atom stereocenters. The van der Waals surface area contributed by atoms with Crippen molar-refractivity contribution in [2.75, 3.05) is 13.7 Å². The molecular weight excluding hydrogens is 180 g/mol. The fraction of sp³-hybridized carbons (Fsp3) is 0.857. The van der Waals surface area contributed by atoms with Crippen molar-refractivity contribution >= 4 is 5.97 Å². The van der Waals surface area contributed by atoms with Gasteiger partial charge in [0.2, 0.25) is 0 Å². The molecule has 0 aliphatic carbocycles. The summed E-state index contributed by atoms with van der Waals surface area (Å²) in [5.41, 5.74) is 0. The second-order valence-corrected chi connectivity index (χ2v) is 2.72. The molecule has 13 heavy (non-hydrogen) atoms. The highest BCUT2D eigenvalue weighted by atomic mass is 16.6. The van der Waals surface area contributed by atoms with Gasteiger partial charge in [-0.15, -0.1) is 0 Å². The lowest BCUT2D eigenvalue weighted by Gasteiger charge is -2.35. The summed E-state index contributed by atoms with van der Waals surface area (Å²) in [7, 11) is -0.496. The number of hydrogen-bond acceptors (Lipinski definition) is 6. The lowest BCUT2D eigenvalue weighted by atomic mass is 10.00. The Bertz CT molecular complexity index is 210. The third-order valence-electron chi connectivity index (χ3n) is 1.91. The molecule has 0 aromatic heterocycles. The topological polar surface area (TPSA) is 96.2 Å². The number of hydrogen-bond donors (Lipinski definition) is 3. The van der Waals surface area contributed by atoms with Gasteiger partial charge in [0.25, 0.3) is 0 Å². The first kappa shape index (κ1) is 8.89. The van der Waals surface area contributed by atoms with Crippen molar-refractivity contribution in [1.29, 1.82) is 0 Å². The Kier molecular flexibility index (Phi) is 2.74. The van der Waals surface area contributed by atoms with E-state index in [0.717, 1.165) is 0 Å². The molecule has 0 aromatic carbocycles. The molecule has 0 amide bonds. The molecule has 1 fully saturated rings. The number of ether oxygens (including phenoxy) is 2. The first-order chi connectivity index (χ1) is 6.61. The molecule has 4 atom stereocenters. The smallest absolute Gasteiger partial charge is 0.338 e. The zero-order valence-corrected chi connectivity index (χ0v) is 6.79. The lowest BCUT2D eigenvalue weighted by molar-refractivity contribution is -0.210. The van der Waals surface area contributed by atoms with E-state index in [1.54, 1.807) is 0 Å². The van der Waals surface area contributed by atoms with E-state index in [9.17, 15) is 15.0 Å². The normalized spacial score (nSPS) is 41.2. The predicted molar refractivity (Wildman–Crippen MR) is 39.8 cm³/mol. The molecule has 0 radical (unpaired) electrons. The van der Waals surface area contributed by atoms with E-state index < -0.39 is 44.1 Å². The van der Waals surface area contributed by atoms with Crippen LogP contribution in [-0.2, 0) is 14.3 Å². The van der Waals surface area contributed by atoms with Crippen LogP contribution in [0.25, 0.3) is 0 Å². The van der Waals surface area contributed by atoms with E-state index in [1.165, 1.54) is 0 Å². The van der Waals surface area contributed by atoms with Gasteiger partial charge in [-0.2, -0.15) is 0 Å². The molecule has 1 aliphatic rings. The molecule has 1 saturated heterocycles. The average Bonchev–Trinajstić information content (AvgIpc) is 2.18. The molecule has 6 heteroatoms. The van der Waals surface area contributed by atoms with Crippen molar-refractivity contribution in [2.24, 2.45) is 0 Å². The third-order valence-corrected chi connectivity index (χ3v) is 1.91. The minimum absolute atomic E-state index is 0.496. The SMILES string of the molecule is [2H]CO[C@H]1[C@H](O)[C@@H](CO)OC(=O)[C@@H]1O. The number of methoxy groups -OCH3 is 1. The summed E-state index contributed by atoms with van der Waals surface area (Å²) in [6, 6.07) is 0. The van der Waals surface area contributed by atoms with Gasteiger partial charge >= 0.3 is 5.97 Å². The molecule has 0 spiro atoms. The molecule has 3 N–H and O–H groups in total. The summed E-state index contributed by atoms with van der Waals surface area (Å²) in [5.74, 6) is -0.965. The molecule has 0 bridgehead atoms. The maximum atomic E-state index is 11.0. The Morgan fingerprint density at radius 3 is 2.92 bits per heavy atom. The summed E-state index contributed by atoms with van der Waals surface area (Å²) >= 11 is 0. The standard InChI is InChI=1S/C7H12O6/c1-12-6-4(9)3(2-8)13-7(11)5(6)10/h3-6,8-10H,2H2,1H3/t3-,4-,5-,6+/m1/s1/i1D. The molecule has 1 rings (SSSR count). The summed E-state index contributed by atoms with van der Waals surface area (Å²) < 4.78 is 15.9. The Hall–Kier alpha value is -0.690. The Morgan fingerprint density at radius 1 is 1.69 bits per heavy atom. The van der Waals surface area contributed by atoms with Crippen molar-refractivity contribution in [3.8, 4) is 0 Å². The summed E-state index contributed by atoms with van der Waals surface area (Å²) in [4.78, 5) is 11.0. The van der Waals surface area contributed by atoms with Crippen LogP contribution in [0.2, 0.25) is 0 Å². The van der Waals surface area contributed by atoms with E-state index in [1.807, 2.05) is 0 Å². The summed E-state index contributed by atoms with van der Waals surface area (Å²) in [5, 5.41) is 27.4. The fourth-order valence-corrected chi connectivity index (χ4v) is 1.16. The van der Waals surface area contributed by atoms with Crippen molar-refractivity contribution in [1.82, 2.24) is 0 Å². The predicted octanol–water partition coefficient (Wildman–Crippen LogP) is -2.36. The lowest BCUT2D eigenvalue weighted by Crippen LogP contribution is -2.57. The maximum absolute atomic E-state index is 11.0. The van der Waals surface area contributed by atoms with E-state index >= 15 is 0 Å². The number of esters is 1. The van der Waals surface area contributed by atoms with Crippen LogP contribution in [-0.4, -0.2) is 59.4 Å². The molecule has 0 saturated carbocycles. The van der Waals surface area contributed by atoms with Gasteiger partial charge in [0, 0.05) is 7.09 Å². The largest absolute Gasteiger partial charge is 0.455 e. The van der Waals surface area contributed by atoms with Crippen LogP contribution < -0.4 is 0 Å². The molecule has 6 nitrogen and oxygen atoms in total. The van der Waals surface area contributed by atoms with Gasteiger partial charge in [0.1, 0.15) is 12.2 Å². The number of carbonyl (C=O) groups excluding carboxylic acids is 1. The van der Waals surface area contributed by atoms with E-state index in [-0.39, 0.29) is 0 Å². The summed E-state index contributed by atoms with van der Waals surface area (Å²) in [6.45, 7) is -0.558. The van der Waals surface area contributed by atoms with E-state index in [4.69, 9.17) is 6.48 Å². The van der Waals surface area contributed by atoms with Gasteiger partial charge in [-0.25, -0.2) is 4.79 Å². The fourth-order valence-electron chi connectivity index (χ4n) is 1.16. The van der Waals surface area contributed by atoms with Gasteiger partial charge in [-0.05, 0) is 0 Å². The van der Waals surface area contributed by atoms with Gasteiger partial charge in [0.15, 0.2) is 12.2 Å². The Labute approximate surface area is 76.1 Å². The van der Waals surface area contributed by atoms with Crippen LogP contribution in [0.5, 0.6) is 0 Å². The highest BCUT2D eigenvalue weighted by molar-refractivity contribution is 5.76. The van der Waals surface area contributed by atoms with Crippen LogP contribution >= 0.6 is 0 Å². The van der Waals surface area contributed by atoms with Gasteiger partial charge in [0.05, 0.1) is 7.98 Å². The van der Waals surface area contributed by atoms with Crippen LogP contribution in [0.3, 0.4) is 0 Å². The first-order valence-corrected chi connectivity index (χ1v) is 3.70. The minimum Gasteiger partial charge on any atom is -0.455 e. The van der Waals surface area contributed by atoms with Crippen molar-refractivity contribution in [2.45, 2.75) is 24.4 Å². The van der Waals surface area contributed by atoms with Crippen molar-refractivity contribution in [3.63, 3.8) is 0 Å². The van der Waals surface area contributed by atoms with Gasteiger partial charge < -0.3 is 24.8 Å². The molecular formula is C7H12O6. The van der Waals surface area contributed by atoms with Crippen molar-refractivity contribution < 1.29 is 31.0 Å². The highest BCUT2D eigenvalue weighted by Crippen LogP contribution is 2.18. The molecule has 76 valence electrons. The third kappa shape index (κ3) is 1.80. The van der Waals surface area contributed by atoms with Crippen molar-refractivity contribution in [3.05, 3.63) is 0 Å². The van der Waals surface area contributed by atoms with E-state index in [2.05, 4.69) is 9.47 Å². The van der Waals surface area contributed by atoms with Crippen LogP contribution in [0.1, 0.15) is 1.37 Å².